The summed E-state index contributed by atoms with van der Waals surface area (Å²) < 4.78 is 0. The minimum absolute atomic E-state index is 0.950. The molecule has 0 aromatic heterocycles. The minimum Gasteiger partial charge on any atom is -0.0622 e. The molecule has 0 saturated carbocycles. The van der Waals surface area contributed by atoms with Crippen molar-refractivity contribution >= 4 is 23.8 Å². The minimum atomic E-state index is -0.950. The average molecular weight is 775 g/mol. The van der Waals surface area contributed by atoms with Crippen LogP contribution in [0.4, 0.5) is 0 Å². The van der Waals surface area contributed by atoms with E-state index in [0.717, 1.165) is 0 Å². The number of rotatable bonds is 9. The molecule has 0 heterocycles. The van der Waals surface area contributed by atoms with E-state index in [2.05, 4.69) is 240 Å². The molecule has 0 N–H and O–H groups in total. The Balaban J connectivity index is 1.56. The lowest BCUT2D eigenvalue weighted by Gasteiger charge is -2.31. The van der Waals surface area contributed by atoms with Gasteiger partial charge in [0.2, 0.25) is 0 Å². The van der Waals surface area contributed by atoms with Crippen LogP contribution in [0.2, 0.25) is 0 Å². The monoisotopic (exact) mass is 774 g/mol. The molecule has 0 atom stereocenters. The van der Waals surface area contributed by atoms with Crippen LogP contribution >= 0.6 is 7.92 Å². The Morgan fingerprint density at radius 2 is 0.508 bits per heavy atom. The Kier molecular flexibility index (Phi) is 10.8. The number of hydrogen-bond acceptors (Lipinski definition) is 0. The van der Waals surface area contributed by atoms with E-state index in [0.29, 0.717) is 0 Å². The van der Waals surface area contributed by atoms with E-state index in [1.54, 1.807) is 0 Å². The van der Waals surface area contributed by atoms with Crippen molar-refractivity contribution in [2.24, 2.45) is 0 Å². The van der Waals surface area contributed by atoms with Crippen molar-refractivity contribution in [2.45, 2.75) is 27.7 Å². The van der Waals surface area contributed by atoms with Crippen molar-refractivity contribution in [3.05, 3.63) is 235 Å². The molecule has 1 heteroatoms. The predicted octanol–water partition coefficient (Wildman–Crippen LogP) is 14.7. The molecule has 0 aliphatic rings. The predicted molar refractivity (Wildman–Crippen MR) is 257 cm³/mol. The summed E-state index contributed by atoms with van der Waals surface area (Å²) in [4.78, 5) is 0. The third-order valence-corrected chi connectivity index (χ3v) is 13.9. The molecule has 9 aromatic carbocycles. The van der Waals surface area contributed by atoms with E-state index >= 15 is 0 Å². The maximum Gasteiger partial charge on any atom is -0.000723 e. The zero-order valence-electron chi connectivity index (χ0n) is 34.2. The van der Waals surface area contributed by atoms with Gasteiger partial charge in [-0.05, 0) is 118 Å². The van der Waals surface area contributed by atoms with E-state index in [4.69, 9.17) is 0 Å². The maximum absolute atomic E-state index is 2.39. The fourth-order valence-electron chi connectivity index (χ4n) is 8.41. The van der Waals surface area contributed by atoms with Gasteiger partial charge in [-0.15, -0.1) is 0 Å². The van der Waals surface area contributed by atoms with Gasteiger partial charge in [-0.3, -0.25) is 0 Å². The highest BCUT2D eigenvalue weighted by Gasteiger charge is 2.31. The Morgan fingerprint density at radius 1 is 0.237 bits per heavy atom. The molecule has 0 amide bonds. The first-order valence-electron chi connectivity index (χ1n) is 20.5. The molecule has 0 saturated heterocycles. The molecule has 0 bridgehead atoms. The van der Waals surface area contributed by atoms with Crippen molar-refractivity contribution in [1.82, 2.24) is 0 Å². The summed E-state index contributed by atoms with van der Waals surface area (Å²) in [6, 6.07) is 79.4. The van der Waals surface area contributed by atoms with E-state index in [-0.39, 0.29) is 0 Å². The molecule has 9 rings (SSSR count). The van der Waals surface area contributed by atoms with Gasteiger partial charge in [0, 0.05) is 0 Å². The lowest BCUT2D eigenvalue weighted by Crippen LogP contribution is -2.22. The van der Waals surface area contributed by atoms with Crippen LogP contribution in [0.1, 0.15) is 22.3 Å². The summed E-state index contributed by atoms with van der Waals surface area (Å²) in [6.45, 7) is 8.72. The van der Waals surface area contributed by atoms with E-state index in [1.807, 2.05) is 0 Å². The number of benzene rings is 9. The van der Waals surface area contributed by atoms with E-state index < -0.39 is 7.92 Å². The van der Waals surface area contributed by atoms with Gasteiger partial charge in [0.05, 0.1) is 0 Å². The van der Waals surface area contributed by atoms with Gasteiger partial charge in [0.15, 0.2) is 0 Å². The fraction of sp³-hybridized carbons (Fsp3) is 0.0690. The van der Waals surface area contributed by atoms with Gasteiger partial charge in [0.25, 0.3) is 0 Å². The Hall–Kier alpha value is -6.59. The molecular weight excluding hydrogens is 728 g/mol. The Bertz CT molecular complexity index is 2800. The highest BCUT2D eigenvalue weighted by Crippen LogP contribution is 2.56. The molecule has 0 unspecified atom stereocenters. The first-order chi connectivity index (χ1) is 28.9. The molecule has 0 aliphatic heterocycles. The van der Waals surface area contributed by atoms with Gasteiger partial charge >= 0.3 is 0 Å². The summed E-state index contributed by atoms with van der Waals surface area (Å²) >= 11 is 0. The number of aryl methyl sites for hydroxylation is 4. The lowest BCUT2D eigenvalue weighted by molar-refractivity contribution is 1.44. The molecule has 59 heavy (non-hydrogen) atoms. The van der Waals surface area contributed by atoms with Crippen LogP contribution < -0.4 is 15.9 Å². The van der Waals surface area contributed by atoms with E-state index in [9.17, 15) is 0 Å². The fourth-order valence-corrected chi connectivity index (χ4v) is 10.9. The highest BCUT2D eigenvalue weighted by atomic mass is 31.1. The second kappa shape index (κ2) is 16.7. The second-order valence-corrected chi connectivity index (χ2v) is 17.8. The smallest absolute Gasteiger partial charge is 0.000723 e. The van der Waals surface area contributed by atoms with Gasteiger partial charge in [-0.25, -0.2) is 0 Å². The first kappa shape index (κ1) is 38.0. The van der Waals surface area contributed by atoms with Crippen LogP contribution in [0.25, 0.3) is 66.8 Å². The molecule has 0 spiro atoms. The zero-order chi connectivity index (χ0) is 40.3. The topological polar surface area (TPSA) is 0 Å². The molecule has 0 fully saturated rings. The summed E-state index contributed by atoms with van der Waals surface area (Å²) in [5.74, 6) is 0. The van der Waals surface area contributed by atoms with Gasteiger partial charge in [-0.2, -0.15) is 0 Å². The van der Waals surface area contributed by atoms with Crippen LogP contribution in [0.15, 0.2) is 212 Å². The van der Waals surface area contributed by atoms with Crippen LogP contribution in [-0.4, -0.2) is 0 Å². The standard InChI is InChI=1S/C58H47P/c1-40-24-32-45(33-25-40)53-54(46-34-26-41(2)27-35-46)56(44-16-8-5-9-17-44)58(57(48-38-30-43(4)31-39-48)55(53)47-36-28-42(3)29-37-47)51-22-14-15-23-52(51)59(49-18-10-6-11-19-49)50-20-12-7-13-21-50/h5-39H,1-4H3. The van der Waals surface area contributed by atoms with Crippen molar-refractivity contribution in [2.75, 3.05) is 0 Å². The first-order valence-corrected chi connectivity index (χ1v) is 21.9. The van der Waals surface area contributed by atoms with Gasteiger partial charge < -0.3 is 0 Å². The summed E-state index contributed by atoms with van der Waals surface area (Å²) in [6.07, 6.45) is 0. The molecule has 0 radical (unpaired) electrons. The van der Waals surface area contributed by atoms with Crippen molar-refractivity contribution in [3.8, 4) is 66.8 Å². The van der Waals surface area contributed by atoms with Gasteiger partial charge in [-0.1, -0.05) is 235 Å². The van der Waals surface area contributed by atoms with E-state index in [1.165, 1.54) is 105 Å². The summed E-state index contributed by atoms with van der Waals surface area (Å²) in [5.41, 5.74) is 19.6. The number of hydrogen-bond donors (Lipinski definition) is 0. The third-order valence-electron chi connectivity index (χ3n) is 11.4. The SMILES string of the molecule is Cc1ccc(-c2c(-c3ccc(C)cc3)c(-c3ccccc3)c(-c3ccccc3P(c3ccccc3)c3ccccc3)c(-c3ccc(C)cc3)c2-c2ccc(C)cc2)cc1. The summed E-state index contributed by atoms with van der Waals surface area (Å²) in [5, 5.41) is 3.99. The third kappa shape index (κ3) is 7.61. The normalized spacial score (nSPS) is 11.2. The van der Waals surface area contributed by atoms with Crippen molar-refractivity contribution in [1.29, 1.82) is 0 Å². The van der Waals surface area contributed by atoms with Crippen LogP contribution in [-0.2, 0) is 0 Å². The second-order valence-electron chi connectivity index (χ2n) is 15.6. The Labute approximate surface area is 351 Å². The Morgan fingerprint density at radius 3 is 0.864 bits per heavy atom. The highest BCUT2D eigenvalue weighted by molar-refractivity contribution is 7.80. The summed E-state index contributed by atoms with van der Waals surface area (Å²) in [7, 11) is -0.950. The van der Waals surface area contributed by atoms with Crippen LogP contribution in [0, 0.1) is 27.7 Å². The van der Waals surface area contributed by atoms with Crippen LogP contribution in [0.3, 0.4) is 0 Å². The average Bonchev–Trinajstić information content (AvgIpc) is 3.28. The molecule has 284 valence electrons. The maximum atomic E-state index is 2.39. The van der Waals surface area contributed by atoms with Crippen LogP contribution in [0.5, 0.6) is 0 Å². The zero-order valence-corrected chi connectivity index (χ0v) is 35.0. The molecule has 9 aromatic rings. The quantitative estimate of drug-likeness (QED) is 0.128. The molecule has 0 aliphatic carbocycles. The molecular formula is C58H47P. The molecule has 0 nitrogen and oxygen atoms in total. The van der Waals surface area contributed by atoms with Gasteiger partial charge in [0.1, 0.15) is 0 Å². The van der Waals surface area contributed by atoms with Crippen molar-refractivity contribution < 1.29 is 0 Å². The van der Waals surface area contributed by atoms with Crippen molar-refractivity contribution in [3.63, 3.8) is 0 Å². The lowest BCUT2D eigenvalue weighted by atomic mass is 9.74. The largest absolute Gasteiger partial charge is 0.0622 e.